The smallest absolute Gasteiger partial charge is 0.338 e. The molecular weight excluding hydrogens is 380 g/mol. The number of hydrogen-bond donors (Lipinski definition) is 1. The number of nitro groups is 1. The molecule has 0 saturated carbocycles. The van der Waals surface area contributed by atoms with Gasteiger partial charge in [0.2, 0.25) is 0 Å². The molecule has 0 unspecified atom stereocenters. The number of benzene rings is 2. The zero-order valence-electron chi connectivity index (χ0n) is 16.2. The average molecular weight is 400 g/mol. The van der Waals surface area contributed by atoms with E-state index in [1.54, 1.807) is 0 Å². The zero-order valence-corrected chi connectivity index (χ0v) is 16.2. The summed E-state index contributed by atoms with van der Waals surface area (Å²) in [6, 6.07) is 8.66. The van der Waals surface area contributed by atoms with Crippen LogP contribution in [-0.2, 0) is 20.7 Å². The van der Waals surface area contributed by atoms with E-state index < -0.39 is 35.1 Å². The first-order valence-corrected chi connectivity index (χ1v) is 8.70. The highest BCUT2D eigenvalue weighted by Gasteiger charge is 2.20. The lowest BCUT2D eigenvalue weighted by Gasteiger charge is -2.13. The van der Waals surface area contributed by atoms with Crippen molar-refractivity contribution in [2.75, 3.05) is 19.0 Å². The van der Waals surface area contributed by atoms with Crippen LogP contribution in [0, 0.1) is 17.0 Å². The molecule has 2 aromatic rings. The maximum Gasteiger partial charge on any atom is 0.338 e. The Labute approximate surface area is 166 Å². The Kier molecular flexibility index (Phi) is 7.02. The first kappa shape index (κ1) is 21.5. The van der Waals surface area contributed by atoms with Gasteiger partial charge in [-0.15, -0.1) is 0 Å². The normalized spacial score (nSPS) is 10.2. The monoisotopic (exact) mass is 400 g/mol. The summed E-state index contributed by atoms with van der Waals surface area (Å²) in [7, 11) is 1.11. The summed E-state index contributed by atoms with van der Waals surface area (Å²) in [5.41, 5.74) is 1.57. The van der Waals surface area contributed by atoms with Crippen LogP contribution < -0.4 is 5.32 Å². The Morgan fingerprint density at radius 2 is 1.76 bits per heavy atom. The Bertz CT molecular complexity index is 969. The largest absolute Gasteiger partial charge is 0.465 e. The van der Waals surface area contributed by atoms with Crippen LogP contribution in [0.4, 0.5) is 11.4 Å². The number of para-hydroxylation sites is 1. The van der Waals surface area contributed by atoms with Gasteiger partial charge in [0.1, 0.15) is 0 Å². The van der Waals surface area contributed by atoms with E-state index in [1.807, 2.05) is 32.0 Å². The number of ether oxygens (including phenoxy) is 2. The number of non-ortho nitro benzene ring substituents is 1. The highest BCUT2D eigenvalue weighted by molar-refractivity contribution is 5.98. The van der Waals surface area contributed by atoms with Crippen molar-refractivity contribution in [3.8, 4) is 0 Å². The van der Waals surface area contributed by atoms with E-state index in [0.29, 0.717) is 12.1 Å². The van der Waals surface area contributed by atoms with Gasteiger partial charge in [0.05, 0.1) is 23.2 Å². The molecule has 2 rings (SSSR count). The number of carbonyl (C=O) groups is 3. The highest BCUT2D eigenvalue weighted by atomic mass is 16.6. The predicted molar refractivity (Wildman–Crippen MR) is 104 cm³/mol. The summed E-state index contributed by atoms with van der Waals surface area (Å²) in [5, 5.41) is 13.7. The number of amides is 1. The lowest BCUT2D eigenvalue weighted by Crippen LogP contribution is -2.22. The van der Waals surface area contributed by atoms with E-state index in [-0.39, 0.29) is 11.1 Å². The molecule has 9 heteroatoms. The summed E-state index contributed by atoms with van der Waals surface area (Å²) < 4.78 is 9.48. The van der Waals surface area contributed by atoms with Crippen LogP contribution in [-0.4, -0.2) is 36.5 Å². The fourth-order valence-corrected chi connectivity index (χ4v) is 2.66. The zero-order chi connectivity index (χ0) is 21.6. The van der Waals surface area contributed by atoms with E-state index >= 15 is 0 Å². The number of carbonyl (C=O) groups excluding carboxylic acids is 3. The molecule has 152 valence electrons. The van der Waals surface area contributed by atoms with Gasteiger partial charge in [-0.05, 0) is 30.5 Å². The summed E-state index contributed by atoms with van der Waals surface area (Å²) in [6.07, 6.45) is 0.709. The minimum Gasteiger partial charge on any atom is -0.465 e. The van der Waals surface area contributed by atoms with Gasteiger partial charge in [0.15, 0.2) is 6.61 Å². The van der Waals surface area contributed by atoms with Gasteiger partial charge >= 0.3 is 11.9 Å². The van der Waals surface area contributed by atoms with Crippen molar-refractivity contribution in [1.82, 2.24) is 0 Å². The fraction of sp³-hybridized carbons (Fsp3) is 0.250. The molecule has 1 N–H and O–H groups in total. The van der Waals surface area contributed by atoms with Gasteiger partial charge in [-0.25, -0.2) is 9.59 Å². The molecule has 0 fully saturated rings. The molecule has 0 spiro atoms. The number of nitrogens with zero attached hydrogens (tertiary/aromatic N) is 1. The number of rotatable bonds is 7. The average Bonchev–Trinajstić information content (AvgIpc) is 2.72. The van der Waals surface area contributed by atoms with Crippen LogP contribution in [0.5, 0.6) is 0 Å². The van der Waals surface area contributed by atoms with Gasteiger partial charge in [-0.3, -0.25) is 14.9 Å². The van der Waals surface area contributed by atoms with Crippen LogP contribution in [0.2, 0.25) is 0 Å². The van der Waals surface area contributed by atoms with Crippen molar-refractivity contribution in [3.63, 3.8) is 0 Å². The molecule has 2 aromatic carbocycles. The minimum absolute atomic E-state index is 0.175. The Morgan fingerprint density at radius 1 is 1.10 bits per heavy atom. The molecule has 1 amide bonds. The highest BCUT2D eigenvalue weighted by Crippen LogP contribution is 2.21. The van der Waals surface area contributed by atoms with Crippen molar-refractivity contribution in [3.05, 3.63) is 68.8 Å². The molecule has 0 bridgehead atoms. The lowest BCUT2D eigenvalue weighted by atomic mass is 10.1. The van der Waals surface area contributed by atoms with Crippen molar-refractivity contribution in [2.24, 2.45) is 0 Å². The van der Waals surface area contributed by atoms with Gasteiger partial charge in [0.25, 0.3) is 11.6 Å². The van der Waals surface area contributed by atoms with Crippen molar-refractivity contribution >= 4 is 29.2 Å². The van der Waals surface area contributed by atoms with E-state index in [2.05, 4.69) is 10.1 Å². The predicted octanol–water partition coefficient (Wildman–Crippen LogP) is 3.05. The molecule has 0 heterocycles. The standard InChI is InChI=1S/C20H20N2O7/c1-4-13-7-5-6-12(2)18(13)21-17(23)11-29-20(25)15-8-14(19(24)28-3)9-16(10-15)22(26)27/h5-10H,4,11H2,1-3H3,(H,21,23). The van der Waals surface area contributed by atoms with Crippen LogP contribution >= 0.6 is 0 Å². The summed E-state index contributed by atoms with van der Waals surface area (Å²) in [4.78, 5) is 46.4. The number of nitrogens with one attached hydrogen (secondary N) is 1. The quantitative estimate of drug-likeness (QED) is 0.430. The molecule has 9 nitrogen and oxygen atoms in total. The van der Waals surface area contributed by atoms with Crippen molar-refractivity contribution in [1.29, 1.82) is 0 Å². The van der Waals surface area contributed by atoms with Crippen molar-refractivity contribution < 1.29 is 28.8 Å². The number of methoxy groups -OCH3 is 1. The third-order valence-electron chi connectivity index (χ3n) is 4.12. The van der Waals surface area contributed by atoms with Crippen LogP contribution in [0.1, 0.15) is 38.8 Å². The molecular formula is C20H20N2O7. The van der Waals surface area contributed by atoms with Crippen LogP contribution in [0.3, 0.4) is 0 Å². The second kappa shape index (κ2) is 9.45. The molecule has 29 heavy (non-hydrogen) atoms. The maximum absolute atomic E-state index is 12.3. The summed E-state index contributed by atoms with van der Waals surface area (Å²) in [5.74, 6) is -2.37. The van der Waals surface area contributed by atoms with Gasteiger partial charge in [-0.2, -0.15) is 0 Å². The van der Waals surface area contributed by atoms with E-state index in [0.717, 1.165) is 36.4 Å². The number of nitro benzene ring substituents is 1. The SMILES string of the molecule is CCc1cccc(C)c1NC(=O)COC(=O)c1cc(C(=O)OC)cc([N+](=O)[O-])c1. The maximum atomic E-state index is 12.3. The third kappa shape index (κ3) is 5.38. The number of hydrogen-bond acceptors (Lipinski definition) is 7. The third-order valence-corrected chi connectivity index (χ3v) is 4.12. The van der Waals surface area contributed by atoms with E-state index in [1.165, 1.54) is 0 Å². The van der Waals surface area contributed by atoms with Gasteiger partial charge < -0.3 is 14.8 Å². The van der Waals surface area contributed by atoms with Gasteiger partial charge in [-0.1, -0.05) is 25.1 Å². The first-order chi connectivity index (χ1) is 13.8. The molecule has 0 aliphatic carbocycles. The number of aryl methyl sites for hydroxylation is 2. The topological polar surface area (TPSA) is 125 Å². The van der Waals surface area contributed by atoms with E-state index in [9.17, 15) is 24.5 Å². The summed E-state index contributed by atoms with van der Waals surface area (Å²) >= 11 is 0. The van der Waals surface area contributed by atoms with Crippen LogP contribution in [0.25, 0.3) is 0 Å². The Balaban J connectivity index is 2.13. The molecule has 0 saturated heterocycles. The van der Waals surface area contributed by atoms with Crippen LogP contribution in [0.15, 0.2) is 36.4 Å². The fourth-order valence-electron chi connectivity index (χ4n) is 2.66. The minimum atomic E-state index is -0.977. The first-order valence-electron chi connectivity index (χ1n) is 8.70. The second-order valence-corrected chi connectivity index (χ2v) is 6.10. The summed E-state index contributed by atoms with van der Waals surface area (Å²) in [6.45, 7) is 3.20. The lowest BCUT2D eigenvalue weighted by molar-refractivity contribution is -0.384. The van der Waals surface area contributed by atoms with Crippen molar-refractivity contribution in [2.45, 2.75) is 20.3 Å². The Hall–Kier alpha value is -3.75. The Morgan fingerprint density at radius 3 is 2.34 bits per heavy atom. The molecule has 0 radical (unpaired) electrons. The number of anilines is 1. The second-order valence-electron chi connectivity index (χ2n) is 6.10. The molecule has 0 aliphatic heterocycles. The molecule has 0 aromatic heterocycles. The van der Waals surface area contributed by atoms with E-state index in [4.69, 9.17) is 4.74 Å². The van der Waals surface area contributed by atoms with Gasteiger partial charge in [0, 0.05) is 17.8 Å². The molecule has 0 aliphatic rings. The molecule has 0 atom stereocenters. The number of esters is 2.